The predicted octanol–water partition coefficient (Wildman–Crippen LogP) is 2.28. The number of thioether (sulfide) groups is 1. The highest BCUT2D eigenvalue weighted by molar-refractivity contribution is 8.00. The van der Waals surface area contributed by atoms with E-state index in [9.17, 15) is 13.2 Å². The number of carbonyl (C=O) groups excluding carboxylic acids is 1. The van der Waals surface area contributed by atoms with Crippen LogP contribution in [0.15, 0.2) is 23.1 Å². The van der Waals surface area contributed by atoms with Crippen molar-refractivity contribution in [1.29, 1.82) is 0 Å². The Balaban J connectivity index is 2.29. The molecule has 0 aliphatic carbocycles. The standard InChI is InChI=1S/C16H24N2O3S2/c1-5-13(4)17-16(19)14-9-22-10-18(14)23(20,21)15-7-6-11(2)8-12(15)3/h6-8,13-14H,5,9-10H2,1-4H3,(H,17,19)/t13-,14-/m0/s1. The first-order chi connectivity index (χ1) is 10.8. The van der Waals surface area contributed by atoms with Crippen molar-refractivity contribution in [3.8, 4) is 0 Å². The van der Waals surface area contributed by atoms with Crippen LogP contribution < -0.4 is 5.32 Å². The number of nitrogens with one attached hydrogen (secondary N) is 1. The van der Waals surface area contributed by atoms with E-state index in [1.165, 1.54) is 16.1 Å². The Bertz CT molecular complexity index is 689. The minimum absolute atomic E-state index is 0.0405. The third-order valence-corrected chi connectivity index (χ3v) is 7.25. The number of hydrogen-bond donors (Lipinski definition) is 1. The summed E-state index contributed by atoms with van der Waals surface area (Å²) in [6.07, 6.45) is 0.815. The molecule has 7 heteroatoms. The SMILES string of the molecule is CC[C@H](C)NC(=O)[C@@H]1CSCN1S(=O)(=O)c1ccc(C)cc1C. The molecule has 1 amide bonds. The number of amides is 1. The number of nitrogens with zero attached hydrogens (tertiary/aromatic N) is 1. The normalized spacial score (nSPS) is 20.4. The van der Waals surface area contributed by atoms with Gasteiger partial charge in [-0.15, -0.1) is 11.8 Å². The van der Waals surface area contributed by atoms with Crippen LogP contribution in [0.3, 0.4) is 0 Å². The minimum atomic E-state index is -3.67. The van der Waals surface area contributed by atoms with Crippen LogP contribution in [0.1, 0.15) is 31.4 Å². The summed E-state index contributed by atoms with van der Waals surface area (Å²) in [4.78, 5) is 12.7. The third kappa shape index (κ3) is 3.89. The van der Waals surface area contributed by atoms with Gasteiger partial charge < -0.3 is 5.32 Å². The maximum Gasteiger partial charge on any atom is 0.244 e. The Kier molecular flexibility index (Phi) is 5.75. The Morgan fingerprint density at radius 3 is 2.74 bits per heavy atom. The zero-order chi connectivity index (χ0) is 17.2. The van der Waals surface area contributed by atoms with Gasteiger partial charge in [0.2, 0.25) is 15.9 Å². The van der Waals surface area contributed by atoms with E-state index in [2.05, 4.69) is 5.32 Å². The molecule has 0 aromatic heterocycles. The fourth-order valence-electron chi connectivity index (χ4n) is 2.53. The average molecular weight is 357 g/mol. The van der Waals surface area contributed by atoms with Gasteiger partial charge in [0.05, 0.1) is 10.8 Å². The van der Waals surface area contributed by atoms with Gasteiger partial charge in [-0.3, -0.25) is 4.79 Å². The van der Waals surface area contributed by atoms with Crippen LogP contribution in [-0.2, 0) is 14.8 Å². The van der Waals surface area contributed by atoms with E-state index in [0.717, 1.165) is 12.0 Å². The molecule has 128 valence electrons. The Labute approximate surface area is 142 Å². The minimum Gasteiger partial charge on any atom is -0.352 e. The van der Waals surface area contributed by atoms with Gasteiger partial charge in [-0.05, 0) is 38.8 Å². The molecule has 1 aromatic rings. The molecule has 1 fully saturated rings. The highest BCUT2D eigenvalue weighted by Crippen LogP contribution is 2.30. The van der Waals surface area contributed by atoms with E-state index in [-0.39, 0.29) is 16.8 Å². The number of sulfonamides is 1. The summed E-state index contributed by atoms with van der Waals surface area (Å²) in [5.41, 5.74) is 1.73. The third-order valence-electron chi connectivity index (χ3n) is 4.06. The molecule has 1 heterocycles. The second-order valence-corrected chi connectivity index (χ2v) is 8.85. The van der Waals surface area contributed by atoms with Crippen molar-refractivity contribution in [2.45, 2.75) is 51.1 Å². The summed E-state index contributed by atoms with van der Waals surface area (Å²) < 4.78 is 27.3. The summed E-state index contributed by atoms with van der Waals surface area (Å²) in [6, 6.07) is 4.67. The molecule has 0 saturated carbocycles. The molecule has 1 aromatic carbocycles. The molecule has 0 bridgehead atoms. The molecule has 0 unspecified atom stereocenters. The highest BCUT2D eigenvalue weighted by Gasteiger charge is 2.40. The van der Waals surface area contributed by atoms with Gasteiger partial charge in [0.1, 0.15) is 6.04 Å². The summed E-state index contributed by atoms with van der Waals surface area (Å²) in [5, 5.41) is 2.89. The molecule has 1 saturated heterocycles. The van der Waals surface area contributed by atoms with Crippen LogP contribution in [-0.4, -0.2) is 42.3 Å². The number of carbonyl (C=O) groups is 1. The van der Waals surface area contributed by atoms with E-state index >= 15 is 0 Å². The monoisotopic (exact) mass is 356 g/mol. The van der Waals surface area contributed by atoms with Crippen molar-refractivity contribution in [3.05, 3.63) is 29.3 Å². The van der Waals surface area contributed by atoms with Crippen LogP contribution in [0.5, 0.6) is 0 Å². The molecule has 2 atom stereocenters. The van der Waals surface area contributed by atoms with Crippen molar-refractivity contribution < 1.29 is 13.2 Å². The lowest BCUT2D eigenvalue weighted by Gasteiger charge is -2.24. The number of hydrogen-bond acceptors (Lipinski definition) is 4. The molecule has 1 aliphatic heterocycles. The first-order valence-corrected chi connectivity index (χ1v) is 10.3. The van der Waals surface area contributed by atoms with E-state index in [0.29, 0.717) is 17.2 Å². The highest BCUT2D eigenvalue weighted by atomic mass is 32.2. The van der Waals surface area contributed by atoms with Gasteiger partial charge in [0.15, 0.2) is 0 Å². The van der Waals surface area contributed by atoms with Crippen LogP contribution in [0, 0.1) is 13.8 Å². The largest absolute Gasteiger partial charge is 0.352 e. The Hall–Kier alpha value is -1.05. The lowest BCUT2D eigenvalue weighted by Crippen LogP contribution is -2.49. The van der Waals surface area contributed by atoms with Crippen LogP contribution >= 0.6 is 11.8 Å². The predicted molar refractivity (Wildman–Crippen MR) is 93.9 cm³/mol. The van der Waals surface area contributed by atoms with Gasteiger partial charge in [-0.2, -0.15) is 4.31 Å². The summed E-state index contributed by atoms with van der Waals surface area (Å²) in [6.45, 7) is 7.62. The van der Waals surface area contributed by atoms with E-state index in [1.54, 1.807) is 19.1 Å². The Morgan fingerprint density at radius 1 is 1.43 bits per heavy atom. The van der Waals surface area contributed by atoms with Crippen LogP contribution in [0.4, 0.5) is 0 Å². The van der Waals surface area contributed by atoms with Crippen LogP contribution in [0.2, 0.25) is 0 Å². The fraction of sp³-hybridized carbons (Fsp3) is 0.562. The van der Waals surface area contributed by atoms with Gasteiger partial charge in [0.25, 0.3) is 0 Å². The number of aryl methyl sites for hydroxylation is 2. The zero-order valence-corrected chi connectivity index (χ0v) is 15.6. The number of rotatable bonds is 5. The van der Waals surface area contributed by atoms with Crippen molar-refractivity contribution in [2.75, 3.05) is 11.6 Å². The van der Waals surface area contributed by atoms with Gasteiger partial charge in [0, 0.05) is 11.8 Å². The fourth-order valence-corrected chi connectivity index (χ4v) is 5.88. The molecule has 23 heavy (non-hydrogen) atoms. The van der Waals surface area contributed by atoms with E-state index < -0.39 is 16.1 Å². The summed E-state index contributed by atoms with van der Waals surface area (Å²) >= 11 is 1.47. The number of benzene rings is 1. The average Bonchev–Trinajstić information content (AvgIpc) is 2.96. The first-order valence-electron chi connectivity index (χ1n) is 7.74. The van der Waals surface area contributed by atoms with Crippen molar-refractivity contribution in [2.24, 2.45) is 0 Å². The van der Waals surface area contributed by atoms with Crippen molar-refractivity contribution in [3.63, 3.8) is 0 Å². The first kappa shape index (κ1) is 18.3. The second-order valence-electron chi connectivity index (χ2n) is 5.99. The summed E-state index contributed by atoms with van der Waals surface area (Å²) in [5.74, 6) is 0.596. The van der Waals surface area contributed by atoms with Crippen molar-refractivity contribution in [1.82, 2.24) is 9.62 Å². The summed E-state index contributed by atoms with van der Waals surface area (Å²) in [7, 11) is -3.67. The molecule has 5 nitrogen and oxygen atoms in total. The molecule has 2 rings (SSSR count). The van der Waals surface area contributed by atoms with Crippen molar-refractivity contribution >= 4 is 27.7 Å². The van der Waals surface area contributed by atoms with E-state index in [1.807, 2.05) is 26.8 Å². The lowest BCUT2D eigenvalue weighted by molar-refractivity contribution is -0.124. The van der Waals surface area contributed by atoms with Gasteiger partial charge >= 0.3 is 0 Å². The quantitative estimate of drug-likeness (QED) is 0.879. The topological polar surface area (TPSA) is 66.5 Å². The maximum atomic E-state index is 13.0. The Morgan fingerprint density at radius 2 is 2.13 bits per heavy atom. The lowest BCUT2D eigenvalue weighted by atomic mass is 10.2. The van der Waals surface area contributed by atoms with Crippen LogP contribution in [0.25, 0.3) is 0 Å². The second kappa shape index (κ2) is 7.23. The molecule has 0 radical (unpaired) electrons. The maximum absolute atomic E-state index is 13.0. The molecule has 0 spiro atoms. The molecular formula is C16H24N2O3S2. The van der Waals surface area contributed by atoms with Gasteiger partial charge in [-0.1, -0.05) is 24.6 Å². The molecule has 1 N–H and O–H groups in total. The molecule has 1 aliphatic rings. The smallest absolute Gasteiger partial charge is 0.244 e. The zero-order valence-electron chi connectivity index (χ0n) is 14.0. The molecular weight excluding hydrogens is 332 g/mol. The van der Waals surface area contributed by atoms with Gasteiger partial charge in [-0.25, -0.2) is 8.42 Å². The van der Waals surface area contributed by atoms with E-state index in [4.69, 9.17) is 0 Å².